The van der Waals surface area contributed by atoms with Crippen LogP contribution >= 0.6 is 0 Å². The molecule has 4 rings (SSSR count). The van der Waals surface area contributed by atoms with Crippen molar-refractivity contribution in [2.45, 2.75) is 84.5 Å². The van der Waals surface area contributed by atoms with Gasteiger partial charge in [0.15, 0.2) is 5.78 Å². The largest absolute Gasteiger partial charge is 0.295 e. The van der Waals surface area contributed by atoms with Crippen LogP contribution in [0.1, 0.15) is 84.5 Å². The van der Waals surface area contributed by atoms with E-state index in [4.69, 9.17) is 0 Å². The number of allylic oxidation sites excluding steroid dienone is 4. The van der Waals surface area contributed by atoms with E-state index in [1.165, 1.54) is 63.4 Å². The highest BCUT2D eigenvalue weighted by atomic mass is 16.1. The first-order valence-corrected chi connectivity index (χ1v) is 10.1. The van der Waals surface area contributed by atoms with Gasteiger partial charge in [-0.15, -0.1) is 0 Å². The highest BCUT2D eigenvalue weighted by molar-refractivity contribution is 5.93. The van der Waals surface area contributed by atoms with Gasteiger partial charge in [0, 0.05) is 6.42 Å². The fraction of sp³-hybridized carbons (Fsp3) is 0.773. The number of hydrogen-bond donors (Lipinski definition) is 0. The van der Waals surface area contributed by atoms with Crippen LogP contribution in [0.4, 0.5) is 0 Å². The van der Waals surface area contributed by atoms with E-state index >= 15 is 0 Å². The fourth-order valence-corrected chi connectivity index (χ4v) is 6.56. The molecule has 0 aromatic rings. The van der Waals surface area contributed by atoms with Gasteiger partial charge in [-0.2, -0.15) is 0 Å². The second-order valence-electron chi connectivity index (χ2n) is 8.81. The first-order valence-electron chi connectivity index (χ1n) is 10.1. The minimum atomic E-state index is 0.365. The van der Waals surface area contributed by atoms with Crippen LogP contribution in [-0.2, 0) is 4.79 Å². The number of carbonyl (C=O) groups excluding carboxylic acids is 1. The number of carbonyl (C=O) groups is 1. The van der Waals surface area contributed by atoms with Gasteiger partial charge in [0.05, 0.1) is 0 Å². The van der Waals surface area contributed by atoms with Crippen molar-refractivity contribution in [1.29, 1.82) is 0 Å². The summed E-state index contributed by atoms with van der Waals surface area (Å²) in [6, 6.07) is 0. The fourth-order valence-electron chi connectivity index (χ4n) is 6.56. The first-order chi connectivity index (χ1) is 11.1. The van der Waals surface area contributed by atoms with Crippen LogP contribution in [0.25, 0.3) is 0 Å². The number of fused-ring (bicyclic) bond motifs is 4. The van der Waals surface area contributed by atoms with Gasteiger partial charge in [-0.05, 0) is 91.8 Å². The van der Waals surface area contributed by atoms with Crippen LogP contribution in [-0.4, -0.2) is 5.78 Å². The summed E-state index contributed by atoms with van der Waals surface area (Å²) in [7, 11) is 0. The Morgan fingerprint density at radius 1 is 1.13 bits per heavy atom. The molecule has 0 heterocycles. The summed E-state index contributed by atoms with van der Waals surface area (Å²) < 4.78 is 0. The molecular weight excluding hydrogens is 280 g/mol. The summed E-state index contributed by atoms with van der Waals surface area (Å²) in [6.07, 6.45) is 16.2. The Kier molecular flexibility index (Phi) is 4.02. The SMILES string of the molecule is CCCC[C@H]1CC[C@H]2[C@@H]3CCC4=CC(=O)CCC4=C3CC[C@]12C. The predicted octanol–water partition coefficient (Wildman–Crippen LogP) is 6.00. The van der Waals surface area contributed by atoms with Crippen LogP contribution < -0.4 is 0 Å². The minimum Gasteiger partial charge on any atom is -0.295 e. The molecule has 23 heavy (non-hydrogen) atoms. The molecule has 0 saturated heterocycles. The highest BCUT2D eigenvalue weighted by Crippen LogP contribution is 2.62. The first kappa shape index (κ1) is 15.7. The third kappa shape index (κ3) is 2.46. The van der Waals surface area contributed by atoms with Crippen LogP contribution in [0.15, 0.2) is 22.8 Å². The lowest BCUT2D eigenvalue weighted by molar-refractivity contribution is -0.114. The molecule has 0 N–H and O–H groups in total. The standard InChI is InChI=1S/C22H32O/c1-3-4-5-16-7-11-21-20-9-6-15-14-17(23)8-10-18(15)19(20)12-13-22(16,21)2/h14,16,20-21H,3-13H2,1-2H3/t16-,20+,21-,22+/m0/s1. The molecule has 0 amide bonds. The average molecular weight is 312 g/mol. The monoisotopic (exact) mass is 312 g/mol. The maximum atomic E-state index is 11.8. The van der Waals surface area contributed by atoms with Gasteiger partial charge < -0.3 is 0 Å². The lowest BCUT2D eigenvalue weighted by Gasteiger charge is -2.49. The normalized spacial score (nSPS) is 39.7. The summed E-state index contributed by atoms with van der Waals surface area (Å²) in [6.45, 7) is 4.96. The molecule has 1 heteroatoms. The van der Waals surface area contributed by atoms with Gasteiger partial charge >= 0.3 is 0 Å². The van der Waals surface area contributed by atoms with E-state index < -0.39 is 0 Å². The van der Waals surface area contributed by atoms with Crippen molar-refractivity contribution in [2.75, 3.05) is 0 Å². The predicted molar refractivity (Wildman–Crippen MR) is 95.2 cm³/mol. The zero-order chi connectivity index (χ0) is 16.0. The Morgan fingerprint density at radius 3 is 2.83 bits per heavy atom. The van der Waals surface area contributed by atoms with E-state index in [1.807, 2.05) is 6.08 Å². The molecule has 0 radical (unpaired) electrons. The van der Waals surface area contributed by atoms with Crippen molar-refractivity contribution in [2.24, 2.45) is 23.2 Å². The highest BCUT2D eigenvalue weighted by Gasteiger charge is 2.52. The smallest absolute Gasteiger partial charge is 0.156 e. The van der Waals surface area contributed by atoms with Crippen molar-refractivity contribution in [3.8, 4) is 0 Å². The van der Waals surface area contributed by atoms with E-state index in [9.17, 15) is 4.79 Å². The maximum absolute atomic E-state index is 11.8. The molecule has 0 aliphatic heterocycles. The molecule has 4 aliphatic rings. The molecule has 0 bridgehead atoms. The van der Waals surface area contributed by atoms with Crippen molar-refractivity contribution in [3.05, 3.63) is 22.8 Å². The Balaban J connectivity index is 1.62. The zero-order valence-electron chi connectivity index (χ0n) is 15.0. The molecule has 0 aromatic carbocycles. The van der Waals surface area contributed by atoms with Crippen LogP contribution in [0.5, 0.6) is 0 Å². The number of unbranched alkanes of at least 4 members (excludes halogenated alkanes) is 1. The quantitative estimate of drug-likeness (QED) is 0.624. The van der Waals surface area contributed by atoms with Gasteiger partial charge in [0.2, 0.25) is 0 Å². The minimum absolute atomic E-state index is 0.365. The lowest BCUT2D eigenvalue weighted by atomic mass is 9.55. The van der Waals surface area contributed by atoms with Gasteiger partial charge in [-0.25, -0.2) is 0 Å². The summed E-state index contributed by atoms with van der Waals surface area (Å²) >= 11 is 0. The van der Waals surface area contributed by atoms with Crippen LogP contribution in [0, 0.1) is 23.2 Å². The molecule has 0 unspecified atom stereocenters. The van der Waals surface area contributed by atoms with E-state index in [0.717, 1.165) is 30.6 Å². The molecule has 1 nitrogen and oxygen atoms in total. The van der Waals surface area contributed by atoms with Crippen LogP contribution in [0.3, 0.4) is 0 Å². The van der Waals surface area contributed by atoms with Gasteiger partial charge in [-0.3, -0.25) is 4.79 Å². The summed E-state index contributed by atoms with van der Waals surface area (Å²) in [5.74, 6) is 3.12. The van der Waals surface area contributed by atoms with Gasteiger partial charge in [0.25, 0.3) is 0 Å². The van der Waals surface area contributed by atoms with Crippen LogP contribution in [0.2, 0.25) is 0 Å². The Bertz CT molecular complexity index is 567. The lowest BCUT2D eigenvalue weighted by Crippen LogP contribution is -2.40. The topological polar surface area (TPSA) is 17.1 Å². The van der Waals surface area contributed by atoms with Crippen molar-refractivity contribution < 1.29 is 4.79 Å². The number of ketones is 1. The van der Waals surface area contributed by atoms with Gasteiger partial charge in [0.1, 0.15) is 0 Å². The maximum Gasteiger partial charge on any atom is 0.156 e. The molecule has 2 fully saturated rings. The number of rotatable bonds is 3. The molecule has 0 aromatic heterocycles. The Labute approximate surface area is 141 Å². The molecule has 4 aliphatic carbocycles. The Morgan fingerprint density at radius 2 is 2.00 bits per heavy atom. The number of hydrogen-bond acceptors (Lipinski definition) is 1. The third-order valence-corrected chi connectivity index (χ3v) is 7.83. The van der Waals surface area contributed by atoms with E-state index in [-0.39, 0.29) is 0 Å². The summed E-state index contributed by atoms with van der Waals surface area (Å²) in [5.41, 5.74) is 5.43. The van der Waals surface area contributed by atoms with Gasteiger partial charge in [-0.1, -0.05) is 32.3 Å². The summed E-state index contributed by atoms with van der Waals surface area (Å²) in [5, 5.41) is 0. The third-order valence-electron chi connectivity index (χ3n) is 7.83. The second-order valence-corrected chi connectivity index (χ2v) is 8.81. The van der Waals surface area contributed by atoms with E-state index in [2.05, 4.69) is 13.8 Å². The Hall–Kier alpha value is -0.850. The van der Waals surface area contributed by atoms with E-state index in [0.29, 0.717) is 11.2 Å². The van der Waals surface area contributed by atoms with Crippen molar-refractivity contribution in [3.63, 3.8) is 0 Å². The second kappa shape index (κ2) is 5.90. The molecule has 126 valence electrons. The molecule has 4 atom stereocenters. The van der Waals surface area contributed by atoms with E-state index in [1.54, 1.807) is 11.1 Å². The van der Waals surface area contributed by atoms with Crippen molar-refractivity contribution in [1.82, 2.24) is 0 Å². The van der Waals surface area contributed by atoms with Crippen molar-refractivity contribution >= 4 is 5.78 Å². The molecular formula is C22H32O. The molecule has 2 saturated carbocycles. The summed E-state index contributed by atoms with van der Waals surface area (Å²) in [4.78, 5) is 11.8. The molecule has 0 spiro atoms. The average Bonchev–Trinajstić information content (AvgIpc) is 2.89. The zero-order valence-corrected chi connectivity index (χ0v) is 15.0.